The van der Waals surface area contributed by atoms with Crippen LogP contribution in [0.25, 0.3) is 12.2 Å². The van der Waals surface area contributed by atoms with Crippen molar-refractivity contribution in [3.63, 3.8) is 0 Å². The van der Waals surface area contributed by atoms with Crippen molar-refractivity contribution in [3.8, 4) is 5.75 Å². The molecule has 4 rings (SSSR count). The molecule has 0 aromatic heterocycles. The summed E-state index contributed by atoms with van der Waals surface area (Å²) >= 11 is 0. The summed E-state index contributed by atoms with van der Waals surface area (Å²) in [5, 5.41) is 0. The molecule has 4 aromatic carbocycles. The van der Waals surface area contributed by atoms with E-state index in [0.29, 0.717) is 17.2 Å². The van der Waals surface area contributed by atoms with Crippen LogP contribution in [0, 0.1) is 5.82 Å². The van der Waals surface area contributed by atoms with Gasteiger partial charge in [-0.2, -0.15) is 0 Å². The van der Waals surface area contributed by atoms with Crippen LogP contribution in [0.1, 0.15) is 45.5 Å². The van der Waals surface area contributed by atoms with Gasteiger partial charge in [-0.25, -0.2) is 9.18 Å². The molecule has 0 aliphatic carbocycles. The van der Waals surface area contributed by atoms with Gasteiger partial charge in [0.1, 0.15) is 11.6 Å². The topological polar surface area (TPSA) is 26.3 Å². The Bertz CT molecular complexity index is 1210. The first-order valence-corrected chi connectivity index (χ1v) is 11.0. The molecule has 0 fully saturated rings. The van der Waals surface area contributed by atoms with Crippen LogP contribution in [0.3, 0.4) is 0 Å². The van der Waals surface area contributed by atoms with Crippen molar-refractivity contribution in [1.29, 1.82) is 0 Å². The lowest BCUT2D eigenvalue weighted by Crippen LogP contribution is -2.08. The summed E-state index contributed by atoms with van der Waals surface area (Å²) in [6, 6.07) is 31.7. The molecule has 1 atom stereocenters. The van der Waals surface area contributed by atoms with Crippen LogP contribution in [-0.4, -0.2) is 5.97 Å². The van der Waals surface area contributed by atoms with Gasteiger partial charge in [-0.15, -0.1) is 0 Å². The third-order valence-corrected chi connectivity index (χ3v) is 5.53. The van der Waals surface area contributed by atoms with Gasteiger partial charge in [0, 0.05) is 0 Å². The molecule has 0 radical (unpaired) electrons. The fourth-order valence-corrected chi connectivity index (χ4v) is 3.61. The van der Waals surface area contributed by atoms with Crippen molar-refractivity contribution in [3.05, 3.63) is 137 Å². The zero-order valence-electron chi connectivity index (χ0n) is 18.4. The van der Waals surface area contributed by atoms with E-state index in [4.69, 9.17) is 4.74 Å². The lowest BCUT2D eigenvalue weighted by molar-refractivity contribution is 0.0734. The van der Waals surface area contributed by atoms with Gasteiger partial charge in [-0.05, 0) is 71.0 Å². The van der Waals surface area contributed by atoms with Crippen molar-refractivity contribution in [2.45, 2.75) is 19.3 Å². The molecule has 0 N–H and O–H groups in total. The maximum atomic E-state index is 13.0. The van der Waals surface area contributed by atoms with Gasteiger partial charge in [0.15, 0.2) is 0 Å². The monoisotopic (exact) mass is 436 g/mol. The van der Waals surface area contributed by atoms with Gasteiger partial charge in [0.25, 0.3) is 0 Å². The van der Waals surface area contributed by atoms with Crippen LogP contribution in [-0.2, 0) is 6.42 Å². The van der Waals surface area contributed by atoms with Gasteiger partial charge < -0.3 is 4.74 Å². The molecular formula is C30H25FO2. The molecular weight excluding hydrogens is 411 g/mol. The Morgan fingerprint density at radius 3 is 1.97 bits per heavy atom. The van der Waals surface area contributed by atoms with E-state index in [-0.39, 0.29) is 5.82 Å². The standard InChI is InChI=1S/C30H25FO2/c1-22(26-5-3-2-4-6-26)21-25-11-9-23(10-12-25)7-8-24-13-15-27(16-14-24)30(32)33-29-19-17-28(31)18-20-29/h2-20,22H,21H2,1H3/b8-7+. The number of hydrogen-bond donors (Lipinski definition) is 0. The minimum absolute atomic E-state index is 0.312. The van der Waals surface area contributed by atoms with Crippen molar-refractivity contribution >= 4 is 18.1 Å². The molecule has 0 saturated heterocycles. The SMILES string of the molecule is CC(Cc1ccc(/C=C/c2ccc(C(=O)Oc3ccc(F)cc3)cc2)cc1)c1ccccc1. The zero-order valence-corrected chi connectivity index (χ0v) is 18.4. The van der Waals surface area contributed by atoms with Crippen LogP contribution in [0.2, 0.25) is 0 Å². The first-order valence-electron chi connectivity index (χ1n) is 11.0. The Hall–Kier alpha value is -3.98. The second-order valence-corrected chi connectivity index (χ2v) is 8.06. The molecule has 0 heterocycles. The smallest absolute Gasteiger partial charge is 0.343 e. The van der Waals surface area contributed by atoms with E-state index in [1.165, 1.54) is 35.4 Å². The highest BCUT2D eigenvalue weighted by atomic mass is 19.1. The second kappa shape index (κ2) is 10.6. The lowest BCUT2D eigenvalue weighted by atomic mass is 9.93. The molecule has 0 aliphatic heterocycles. The summed E-state index contributed by atoms with van der Waals surface area (Å²) < 4.78 is 18.2. The number of esters is 1. The maximum absolute atomic E-state index is 13.0. The average molecular weight is 437 g/mol. The fourth-order valence-electron chi connectivity index (χ4n) is 3.61. The molecule has 0 amide bonds. The first kappa shape index (κ1) is 22.2. The normalized spacial score (nSPS) is 11.9. The summed E-state index contributed by atoms with van der Waals surface area (Å²) in [7, 11) is 0. The molecule has 0 bridgehead atoms. The summed E-state index contributed by atoms with van der Waals surface area (Å²) in [6.45, 7) is 2.25. The highest BCUT2D eigenvalue weighted by Gasteiger charge is 2.08. The van der Waals surface area contributed by atoms with Gasteiger partial charge in [0.2, 0.25) is 0 Å². The van der Waals surface area contributed by atoms with Crippen LogP contribution >= 0.6 is 0 Å². The van der Waals surface area contributed by atoms with Crippen molar-refractivity contribution in [2.24, 2.45) is 0 Å². The Balaban J connectivity index is 1.34. The molecule has 0 spiro atoms. The Labute approximate surface area is 194 Å². The fraction of sp³-hybridized carbons (Fsp3) is 0.100. The van der Waals surface area contributed by atoms with E-state index < -0.39 is 5.97 Å². The molecule has 2 nitrogen and oxygen atoms in total. The van der Waals surface area contributed by atoms with Crippen LogP contribution in [0.5, 0.6) is 5.75 Å². The number of carbonyl (C=O) groups excluding carboxylic acids is 1. The van der Waals surface area contributed by atoms with Crippen molar-refractivity contribution in [1.82, 2.24) is 0 Å². The third kappa shape index (κ3) is 6.27. The number of ether oxygens (including phenoxy) is 1. The van der Waals surface area contributed by atoms with Crippen LogP contribution in [0.4, 0.5) is 4.39 Å². The van der Waals surface area contributed by atoms with Crippen molar-refractivity contribution in [2.75, 3.05) is 0 Å². The van der Waals surface area contributed by atoms with Gasteiger partial charge in [0.05, 0.1) is 5.56 Å². The number of benzene rings is 4. The van der Waals surface area contributed by atoms with E-state index in [1.807, 2.05) is 24.3 Å². The quantitative estimate of drug-likeness (QED) is 0.170. The highest BCUT2D eigenvalue weighted by Crippen LogP contribution is 2.21. The number of hydrogen-bond acceptors (Lipinski definition) is 2. The van der Waals surface area contributed by atoms with E-state index in [0.717, 1.165) is 17.5 Å². The number of halogens is 1. The maximum Gasteiger partial charge on any atom is 0.343 e. The summed E-state index contributed by atoms with van der Waals surface area (Å²) in [4.78, 5) is 12.3. The Kier molecular flexibility index (Phi) is 7.11. The molecule has 0 saturated carbocycles. The summed E-state index contributed by atoms with van der Waals surface area (Å²) in [6.07, 6.45) is 5.07. The van der Waals surface area contributed by atoms with E-state index in [2.05, 4.69) is 61.5 Å². The average Bonchev–Trinajstić information content (AvgIpc) is 2.86. The number of carbonyl (C=O) groups is 1. The second-order valence-electron chi connectivity index (χ2n) is 8.06. The third-order valence-electron chi connectivity index (χ3n) is 5.53. The summed E-state index contributed by atoms with van der Waals surface area (Å²) in [5.74, 6) is -0.0624. The molecule has 33 heavy (non-hydrogen) atoms. The molecule has 3 heteroatoms. The predicted octanol–water partition coefficient (Wildman–Crippen LogP) is 7.56. The van der Waals surface area contributed by atoms with E-state index >= 15 is 0 Å². The molecule has 4 aromatic rings. The largest absolute Gasteiger partial charge is 0.423 e. The summed E-state index contributed by atoms with van der Waals surface area (Å²) in [5.41, 5.74) is 5.20. The predicted molar refractivity (Wildman–Crippen MR) is 132 cm³/mol. The van der Waals surface area contributed by atoms with Gasteiger partial charge in [-0.3, -0.25) is 0 Å². The highest BCUT2D eigenvalue weighted by molar-refractivity contribution is 5.91. The minimum atomic E-state index is -0.475. The Morgan fingerprint density at radius 1 is 0.788 bits per heavy atom. The van der Waals surface area contributed by atoms with Gasteiger partial charge in [-0.1, -0.05) is 85.8 Å². The van der Waals surface area contributed by atoms with E-state index in [9.17, 15) is 9.18 Å². The molecule has 0 aliphatic rings. The van der Waals surface area contributed by atoms with Crippen molar-refractivity contribution < 1.29 is 13.9 Å². The van der Waals surface area contributed by atoms with E-state index in [1.54, 1.807) is 12.1 Å². The zero-order chi connectivity index (χ0) is 23.0. The van der Waals surface area contributed by atoms with Gasteiger partial charge >= 0.3 is 5.97 Å². The molecule has 164 valence electrons. The molecule has 1 unspecified atom stereocenters. The lowest BCUT2D eigenvalue weighted by Gasteiger charge is -2.12. The Morgan fingerprint density at radius 2 is 1.36 bits per heavy atom. The first-order chi connectivity index (χ1) is 16.1. The van der Waals surface area contributed by atoms with Crippen LogP contribution < -0.4 is 4.74 Å². The van der Waals surface area contributed by atoms with Crippen LogP contribution in [0.15, 0.2) is 103 Å². The minimum Gasteiger partial charge on any atom is -0.423 e. The number of rotatable bonds is 7.